The molecule has 20 heteroatoms. The van der Waals surface area contributed by atoms with Gasteiger partial charge in [0.1, 0.15) is 11.9 Å². The van der Waals surface area contributed by atoms with Gasteiger partial charge in [-0.1, -0.05) is 11.6 Å². The fourth-order valence-electron chi connectivity index (χ4n) is 8.20. The molecular formula is C43H59ClN10O8S. The van der Waals surface area contributed by atoms with E-state index in [4.69, 9.17) is 30.8 Å². The van der Waals surface area contributed by atoms with Crippen LogP contribution in [0.5, 0.6) is 0 Å². The molecule has 3 aromatic rings. The van der Waals surface area contributed by atoms with E-state index in [1.54, 1.807) is 6.20 Å². The lowest BCUT2D eigenvalue weighted by atomic mass is 9.84. The fraction of sp³-hybridized carbons (Fsp3) is 0.628. The second-order valence-electron chi connectivity index (χ2n) is 16.7. The number of aromatic nitrogens is 4. The highest BCUT2D eigenvalue weighted by molar-refractivity contribution is 7.14. The number of carbonyl (C=O) groups is 5. The van der Waals surface area contributed by atoms with Gasteiger partial charge in [-0.15, -0.1) is 11.3 Å². The van der Waals surface area contributed by atoms with Crippen LogP contribution in [0.4, 0.5) is 0 Å². The van der Waals surface area contributed by atoms with E-state index in [1.807, 2.05) is 24.0 Å². The molecule has 0 radical (unpaired) electrons. The molecule has 2 aliphatic carbocycles. The standard InChI is InChI=1S/C43H59ClN10O8S/c1-53-35(18-27-2-3-27)32(22-50-53)40-33(44)23-48-36(51-40)19-28-4-6-30(7-5-28)47-25-39(57)46-11-13-61-15-17-62-16-14-60-12-10-45-24-38(56)49-21-31-20-29-26-54(43(59)41(29)63-31)34-8-9-37(55)52-42(34)58/h20,22-23,27-28,30,34,45,47H,2-19,21,24-26H2,1H3,(H,46,57)(H,49,56)(H,52,55,58). The van der Waals surface area contributed by atoms with Crippen LogP contribution in [0.15, 0.2) is 18.5 Å². The molecule has 3 fully saturated rings. The van der Waals surface area contributed by atoms with Crippen LogP contribution in [0.1, 0.15) is 83.0 Å². The first-order valence-electron chi connectivity index (χ1n) is 22.1. The number of imide groups is 1. The molecule has 0 aromatic carbocycles. The molecule has 5 amide bonds. The number of nitrogens with one attached hydrogen (secondary N) is 5. The van der Waals surface area contributed by atoms with Crippen LogP contribution in [0, 0.1) is 11.8 Å². The van der Waals surface area contributed by atoms with Crippen LogP contribution in [-0.4, -0.2) is 132 Å². The summed E-state index contributed by atoms with van der Waals surface area (Å²) in [6.45, 7) is 4.40. The Labute approximate surface area is 376 Å². The molecule has 2 saturated carbocycles. The van der Waals surface area contributed by atoms with E-state index in [1.165, 1.54) is 34.8 Å². The Morgan fingerprint density at radius 2 is 1.57 bits per heavy atom. The SMILES string of the molecule is Cn1ncc(-c2nc(CC3CCC(NCC(=O)NCCOCCOCCOCCNCC(=O)NCc4cc5c(s4)C(=O)N(C4CCC(=O)NC4=O)C5)CC3)ncc2Cl)c1CC1CC1. The number of piperidine rings is 1. The highest BCUT2D eigenvalue weighted by Crippen LogP contribution is 2.37. The summed E-state index contributed by atoms with van der Waals surface area (Å²) in [5.74, 6) is 0.845. The lowest BCUT2D eigenvalue weighted by Gasteiger charge is -2.29. The molecule has 5 N–H and O–H groups in total. The van der Waals surface area contributed by atoms with Gasteiger partial charge in [-0.05, 0) is 74.8 Å². The first-order chi connectivity index (χ1) is 30.6. The Kier molecular flexibility index (Phi) is 17.0. The Morgan fingerprint density at radius 3 is 2.30 bits per heavy atom. The third-order valence-corrected chi connectivity index (χ3v) is 13.3. The van der Waals surface area contributed by atoms with E-state index in [9.17, 15) is 24.0 Å². The van der Waals surface area contributed by atoms with Crippen LogP contribution >= 0.6 is 22.9 Å². The molecule has 0 spiro atoms. The first-order valence-corrected chi connectivity index (χ1v) is 23.3. The number of hydrogen-bond acceptors (Lipinski definition) is 14. The number of fused-ring (bicyclic) bond motifs is 1. The summed E-state index contributed by atoms with van der Waals surface area (Å²) in [4.78, 5) is 73.7. The van der Waals surface area contributed by atoms with Gasteiger partial charge in [0.2, 0.25) is 23.6 Å². The first kappa shape index (κ1) is 46.6. The summed E-state index contributed by atoms with van der Waals surface area (Å²) in [5, 5.41) is 19.6. The van der Waals surface area contributed by atoms with Gasteiger partial charge in [0, 0.05) is 67.9 Å². The zero-order valence-corrected chi connectivity index (χ0v) is 37.5. The van der Waals surface area contributed by atoms with Crippen molar-refractivity contribution in [3.05, 3.63) is 50.3 Å². The minimum Gasteiger partial charge on any atom is -0.378 e. The Balaban J connectivity index is 0.639. The topological polar surface area (TPSA) is 220 Å². The third-order valence-electron chi connectivity index (χ3n) is 11.9. The van der Waals surface area contributed by atoms with Crippen molar-refractivity contribution in [3.63, 3.8) is 0 Å². The average Bonchev–Trinajstić information content (AvgIpc) is 3.79. The number of thiophene rings is 1. The van der Waals surface area contributed by atoms with Gasteiger partial charge in [-0.3, -0.25) is 34.0 Å². The smallest absolute Gasteiger partial charge is 0.265 e. The number of carbonyl (C=O) groups excluding carboxylic acids is 5. The largest absolute Gasteiger partial charge is 0.378 e. The van der Waals surface area contributed by atoms with Gasteiger partial charge >= 0.3 is 0 Å². The molecule has 2 aliphatic heterocycles. The van der Waals surface area contributed by atoms with Crippen LogP contribution in [0.3, 0.4) is 0 Å². The van der Waals surface area contributed by atoms with Crippen molar-refractivity contribution in [1.29, 1.82) is 0 Å². The van der Waals surface area contributed by atoms with Crippen molar-refractivity contribution >= 4 is 52.5 Å². The van der Waals surface area contributed by atoms with Crippen molar-refractivity contribution in [2.24, 2.45) is 18.9 Å². The summed E-state index contributed by atoms with van der Waals surface area (Å²) < 4.78 is 18.6. The molecule has 3 aromatic heterocycles. The molecule has 7 rings (SSSR count). The van der Waals surface area contributed by atoms with E-state index in [-0.39, 0.29) is 43.1 Å². The maximum Gasteiger partial charge on any atom is 0.265 e. The molecule has 1 saturated heterocycles. The van der Waals surface area contributed by atoms with E-state index in [0.717, 1.165) is 72.0 Å². The Morgan fingerprint density at radius 1 is 0.873 bits per heavy atom. The summed E-state index contributed by atoms with van der Waals surface area (Å²) in [5.41, 5.74) is 3.80. The van der Waals surface area contributed by atoms with Gasteiger partial charge in [-0.25, -0.2) is 9.97 Å². The number of hydrogen-bond donors (Lipinski definition) is 5. The van der Waals surface area contributed by atoms with Crippen molar-refractivity contribution in [2.45, 2.75) is 89.4 Å². The summed E-state index contributed by atoms with van der Waals surface area (Å²) >= 11 is 7.89. The maximum atomic E-state index is 12.9. The van der Waals surface area contributed by atoms with Crippen LogP contribution in [0.25, 0.3) is 11.3 Å². The molecule has 0 bridgehead atoms. The molecule has 4 aliphatic rings. The normalized spacial score (nSPS) is 19.9. The number of nitrogens with zero attached hydrogens (tertiary/aromatic N) is 5. The van der Waals surface area contributed by atoms with E-state index in [2.05, 4.69) is 36.7 Å². The molecule has 342 valence electrons. The zero-order valence-electron chi connectivity index (χ0n) is 35.9. The molecule has 1 atom stereocenters. The predicted octanol–water partition coefficient (Wildman–Crippen LogP) is 2.07. The van der Waals surface area contributed by atoms with Gasteiger partial charge in [0.15, 0.2) is 0 Å². The summed E-state index contributed by atoms with van der Waals surface area (Å²) in [6, 6.07) is 1.55. The zero-order chi connectivity index (χ0) is 44.1. The number of halogens is 1. The van der Waals surface area contributed by atoms with Crippen LogP contribution < -0.4 is 26.6 Å². The van der Waals surface area contributed by atoms with E-state index < -0.39 is 11.9 Å². The second-order valence-corrected chi connectivity index (χ2v) is 18.2. The molecular weight excluding hydrogens is 852 g/mol. The number of rotatable bonds is 25. The van der Waals surface area contributed by atoms with Crippen molar-refractivity contribution in [3.8, 4) is 11.3 Å². The quantitative estimate of drug-likeness (QED) is 0.0609. The predicted molar refractivity (Wildman–Crippen MR) is 234 cm³/mol. The van der Waals surface area contributed by atoms with Crippen LogP contribution in [-0.2, 0) is 66.4 Å². The van der Waals surface area contributed by atoms with Crippen molar-refractivity contribution in [2.75, 3.05) is 65.8 Å². The average molecular weight is 912 g/mol. The molecule has 5 heterocycles. The summed E-state index contributed by atoms with van der Waals surface area (Å²) in [6.07, 6.45) is 12.6. The molecule has 18 nitrogen and oxygen atoms in total. The lowest BCUT2D eigenvalue weighted by molar-refractivity contribution is -0.137. The second kappa shape index (κ2) is 23.0. The number of aryl methyl sites for hydroxylation is 1. The summed E-state index contributed by atoms with van der Waals surface area (Å²) in [7, 11) is 1.98. The van der Waals surface area contributed by atoms with Crippen LogP contribution in [0.2, 0.25) is 5.02 Å². The molecule has 1 unspecified atom stereocenters. The van der Waals surface area contributed by atoms with Gasteiger partial charge < -0.3 is 40.4 Å². The Bertz CT molecular complexity index is 2070. The van der Waals surface area contributed by atoms with E-state index >= 15 is 0 Å². The van der Waals surface area contributed by atoms with Crippen molar-refractivity contribution in [1.82, 2.24) is 51.2 Å². The molecule has 63 heavy (non-hydrogen) atoms. The Hall–Kier alpha value is -4.37. The minimum absolute atomic E-state index is 0.0504. The van der Waals surface area contributed by atoms with Gasteiger partial charge in [0.05, 0.1) is 81.1 Å². The van der Waals surface area contributed by atoms with E-state index in [0.29, 0.717) is 94.1 Å². The number of amides is 5. The lowest BCUT2D eigenvalue weighted by Crippen LogP contribution is -2.52. The number of ether oxygens (including phenoxy) is 3. The van der Waals surface area contributed by atoms with Gasteiger partial charge in [-0.2, -0.15) is 5.10 Å². The highest BCUT2D eigenvalue weighted by atomic mass is 35.5. The maximum absolute atomic E-state index is 12.9. The monoisotopic (exact) mass is 910 g/mol. The van der Waals surface area contributed by atoms with Gasteiger partial charge in [0.25, 0.3) is 5.91 Å². The fourth-order valence-corrected chi connectivity index (χ4v) is 9.46. The highest BCUT2D eigenvalue weighted by Gasteiger charge is 2.40. The minimum atomic E-state index is -0.639. The van der Waals surface area contributed by atoms with Crippen molar-refractivity contribution < 1.29 is 38.2 Å². The third kappa shape index (κ3) is 13.6.